The Bertz CT molecular complexity index is 1570. The number of nitroso groups, excluding NO2 is 1. The van der Waals surface area contributed by atoms with E-state index in [9.17, 15) is 24.4 Å². The van der Waals surface area contributed by atoms with Crippen molar-refractivity contribution in [2.45, 2.75) is 39.5 Å². The molecule has 0 aliphatic carbocycles. The van der Waals surface area contributed by atoms with E-state index in [0.29, 0.717) is 24.3 Å². The van der Waals surface area contributed by atoms with Gasteiger partial charge in [0.1, 0.15) is 29.4 Å². The Hall–Kier alpha value is -4.95. The number of benzene rings is 2. The molecule has 0 amide bonds. The largest absolute Gasteiger partial charge is 0.507 e. The van der Waals surface area contributed by atoms with Crippen molar-refractivity contribution in [3.8, 4) is 40.9 Å². The second-order valence-electron chi connectivity index (χ2n) is 9.30. The summed E-state index contributed by atoms with van der Waals surface area (Å²) in [6.45, 7) is 4.28. The van der Waals surface area contributed by atoms with Crippen LogP contribution in [0.2, 0.25) is 0 Å². The summed E-state index contributed by atoms with van der Waals surface area (Å²) in [6, 6.07) is 7.46. The average molecular weight is 578 g/mol. The van der Waals surface area contributed by atoms with Crippen LogP contribution in [0, 0.1) is 17.3 Å². The lowest BCUT2D eigenvalue weighted by Crippen LogP contribution is -2.18. The molecule has 1 N–H and O–H groups in total. The van der Waals surface area contributed by atoms with Gasteiger partial charge in [0.2, 0.25) is 11.2 Å². The maximum atomic E-state index is 13.8. The molecule has 2 aromatic carbocycles. The summed E-state index contributed by atoms with van der Waals surface area (Å²) in [5.74, 6) is 0.385. The minimum Gasteiger partial charge on any atom is -0.507 e. The molecular weight excluding hydrogens is 546 g/mol. The van der Waals surface area contributed by atoms with Crippen molar-refractivity contribution >= 4 is 28.6 Å². The smallest absolute Gasteiger partial charge is 0.312 e. The predicted molar refractivity (Wildman–Crippen MR) is 155 cm³/mol. The summed E-state index contributed by atoms with van der Waals surface area (Å²) >= 11 is 0. The topological polar surface area (TPSA) is 151 Å². The molecule has 11 heteroatoms. The van der Waals surface area contributed by atoms with Crippen molar-refractivity contribution in [2.24, 2.45) is 5.18 Å². The highest BCUT2D eigenvalue weighted by Crippen LogP contribution is 2.40. The maximum absolute atomic E-state index is 13.8. The number of rotatable bonds is 14. The van der Waals surface area contributed by atoms with Crippen molar-refractivity contribution in [3.63, 3.8) is 0 Å². The molecule has 0 atom stereocenters. The Labute approximate surface area is 242 Å². The number of hydrogen-bond acceptors (Lipinski definition) is 11. The highest BCUT2D eigenvalue weighted by Gasteiger charge is 2.26. The Kier molecular flexibility index (Phi) is 11.4. The molecule has 220 valence electrons. The standard InChI is InChI=1S/C31H31NO10/c1-5-15-39-16-6-17-40-25(34)13-14-26(35)41-31-28(36)27-23(32-37)18-24(33)22(12-7-19(2)3)30(27)42-29(31)20-8-10-21(38-4)11-9-20/h1,7-11,18,33H,6,12-17H2,2-4H3. The van der Waals surface area contributed by atoms with Gasteiger partial charge in [0.15, 0.2) is 5.76 Å². The summed E-state index contributed by atoms with van der Waals surface area (Å²) in [5.41, 5.74) is 0.229. The van der Waals surface area contributed by atoms with Crippen molar-refractivity contribution in [1.29, 1.82) is 0 Å². The zero-order valence-corrected chi connectivity index (χ0v) is 23.6. The van der Waals surface area contributed by atoms with E-state index < -0.39 is 29.5 Å². The van der Waals surface area contributed by atoms with Crippen LogP contribution in [0.15, 0.2) is 56.4 Å². The van der Waals surface area contributed by atoms with E-state index in [2.05, 4.69) is 11.1 Å². The summed E-state index contributed by atoms with van der Waals surface area (Å²) in [6.07, 6.45) is 6.82. The summed E-state index contributed by atoms with van der Waals surface area (Å²) in [4.78, 5) is 50.3. The molecule has 0 radical (unpaired) electrons. The second kappa shape index (κ2) is 15.2. The molecule has 1 aromatic heterocycles. The van der Waals surface area contributed by atoms with E-state index in [1.807, 2.05) is 19.9 Å². The molecule has 3 rings (SSSR count). The number of carbonyl (C=O) groups is 2. The number of terminal acetylenes is 1. The number of phenols is 1. The fourth-order valence-corrected chi connectivity index (χ4v) is 3.89. The first kappa shape index (κ1) is 31.6. The molecule has 1 heterocycles. The minimum absolute atomic E-state index is 0.0764. The van der Waals surface area contributed by atoms with Gasteiger partial charge in [0.05, 0.1) is 38.6 Å². The van der Waals surface area contributed by atoms with Gasteiger partial charge in [-0.1, -0.05) is 17.6 Å². The van der Waals surface area contributed by atoms with Crippen LogP contribution in [-0.2, 0) is 25.5 Å². The molecule has 0 saturated carbocycles. The highest BCUT2D eigenvalue weighted by molar-refractivity contribution is 5.95. The van der Waals surface area contributed by atoms with Gasteiger partial charge in [-0.25, -0.2) is 0 Å². The lowest BCUT2D eigenvalue weighted by atomic mass is 10.0. The SMILES string of the molecule is C#CCOCCCOC(=O)CCC(=O)Oc1c(-c2ccc(OC)cc2)oc2c(CC=C(C)C)c(O)cc(N=O)c2c1=O. The quantitative estimate of drug-likeness (QED) is 0.0873. The third-order valence-electron chi connectivity index (χ3n) is 5.98. The summed E-state index contributed by atoms with van der Waals surface area (Å²) in [5, 5.41) is 13.3. The van der Waals surface area contributed by atoms with Gasteiger partial charge < -0.3 is 28.5 Å². The second-order valence-corrected chi connectivity index (χ2v) is 9.30. The Morgan fingerprint density at radius 1 is 1.12 bits per heavy atom. The van der Waals surface area contributed by atoms with Crippen molar-refractivity contribution in [2.75, 3.05) is 26.9 Å². The molecule has 0 aliphatic heterocycles. The molecule has 0 unspecified atom stereocenters. The number of aromatic hydroxyl groups is 1. The number of nitrogens with zero attached hydrogens (tertiary/aromatic N) is 1. The number of carbonyl (C=O) groups excluding carboxylic acids is 2. The van der Waals surface area contributed by atoms with Gasteiger partial charge in [-0.15, -0.1) is 11.3 Å². The first-order valence-electron chi connectivity index (χ1n) is 13.0. The number of methoxy groups -OCH3 is 1. The lowest BCUT2D eigenvalue weighted by molar-refractivity contribution is -0.147. The van der Waals surface area contributed by atoms with Crippen LogP contribution in [0.25, 0.3) is 22.3 Å². The monoisotopic (exact) mass is 577 g/mol. The number of hydrogen-bond donors (Lipinski definition) is 1. The van der Waals surface area contributed by atoms with E-state index in [4.69, 9.17) is 29.8 Å². The van der Waals surface area contributed by atoms with Crippen LogP contribution in [0.4, 0.5) is 5.69 Å². The van der Waals surface area contributed by atoms with E-state index in [1.165, 1.54) is 7.11 Å². The molecule has 0 spiro atoms. The van der Waals surface area contributed by atoms with E-state index in [-0.39, 0.29) is 59.8 Å². The van der Waals surface area contributed by atoms with Gasteiger partial charge in [0.25, 0.3) is 0 Å². The summed E-state index contributed by atoms with van der Waals surface area (Å²) in [7, 11) is 1.49. The highest BCUT2D eigenvalue weighted by atomic mass is 16.5. The average Bonchev–Trinajstić information content (AvgIpc) is 2.98. The minimum atomic E-state index is -0.908. The fraction of sp³-hybridized carbons (Fsp3) is 0.323. The number of fused-ring (bicyclic) bond motifs is 1. The zero-order chi connectivity index (χ0) is 30.6. The van der Waals surface area contributed by atoms with Gasteiger partial charge in [0, 0.05) is 23.6 Å². The maximum Gasteiger partial charge on any atom is 0.312 e. The molecule has 11 nitrogen and oxygen atoms in total. The number of esters is 2. The van der Waals surface area contributed by atoms with Gasteiger partial charge in [-0.3, -0.25) is 14.4 Å². The van der Waals surface area contributed by atoms with E-state index in [1.54, 1.807) is 24.3 Å². The van der Waals surface area contributed by atoms with Crippen LogP contribution >= 0.6 is 0 Å². The van der Waals surface area contributed by atoms with E-state index in [0.717, 1.165) is 11.6 Å². The number of allylic oxidation sites excluding steroid dienone is 2. The van der Waals surface area contributed by atoms with E-state index >= 15 is 0 Å². The Morgan fingerprint density at radius 3 is 2.48 bits per heavy atom. The van der Waals surface area contributed by atoms with Crippen molar-refractivity contribution < 1.29 is 38.1 Å². The lowest BCUT2D eigenvalue weighted by Gasteiger charge is -2.14. The van der Waals surface area contributed by atoms with Crippen LogP contribution in [0.3, 0.4) is 0 Å². The Balaban J connectivity index is 1.98. The van der Waals surface area contributed by atoms with Gasteiger partial charge in [-0.2, -0.15) is 0 Å². The van der Waals surface area contributed by atoms with Crippen LogP contribution in [0.5, 0.6) is 17.2 Å². The first-order valence-corrected chi connectivity index (χ1v) is 13.0. The molecule has 0 bridgehead atoms. The molecule has 3 aromatic rings. The molecular formula is C31H31NO10. The third-order valence-corrected chi connectivity index (χ3v) is 5.98. The van der Waals surface area contributed by atoms with Crippen LogP contribution < -0.4 is 14.9 Å². The third kappa shape index (κ3) is 8.05. The fourth-order valence-electron chi connectivity index (χ4n) is 3.89. The van der Waals surface area contributed by atoms with Crippen molar-refractivity contribution in [1.82, 2.24) is 0 Å². The normalized spacial score (nSPS) is 10.5. The van der Waals surface area contributed by atoms with Gasteiger partial charge >= 0.3 is 11.9 Å². The predicted octanol–water partition coefficient (Wildman–Crippen LogP) is 5.35. The first-order chi connectivity index (χ1) is 20.2. The van der Waals surface area contributed by atoms with Crippen molar-refractivity contribution in [3.05, 3.63) is 62.7 Å². The van der Waals surface area contributed by atoms with Gasteiger partial charge in [-0.05, 0) is 49.7 Å². The number of ether oxygens (including phenoxy) is 4. The molecule has 0 aliphatic rings. The molecule has 0 fully saturated rings. The zero-order valence-electron chi connectivity index (χ0n) is 23.6. The molecule has 42 heavy (non-hydrogen) atoms. The molecule has 0 saturated heterocycles. The van der Waals surface area contributed by atoms with Crippen LogP contribution in [0.1, 0.15) is 38.7 Å². The van der Waals surface area contributed by atoms with Crippen LogP contribution in [-0.4, -0.2) is 44.0 Å². The number of phenolic OH excluding ortho intramolecular Hbond substituents is 1. The Morgan fingerprint density at radius 2 is 1.83 bits per heavy atom. The summed E-state index contributed by atoms with van der Waals surface area (Å²) < 4.78 is 26.9.